The molecule has 0 aliphatic carbocycles. The van der Waals surface area contributed by atoms with Gasteiger partial charge in [-0.2, -0.15) is 5.10 Å². The highest BCUT2D eigenvalue weighted by Gasteiger charge is 2.01. The molecule has 0 amide bonds. The van der Waals surface area contributed by atoms with E-state index in [0.29, 0.717) is 16.7 Å². The SMILES string of the molecule is C=CCNC(=S)N/N=C(/CC)c1ccc(Cl)cc1. The first-order chi connectivity index (χ1) is 8.67. The topological polar surface area (TPSA) is 36.4 Å². The summed E-state index contributed by atoms with van der Waals surface area (Å²) in [7, 11) is 0. The second kappa shape index (κ2) is 7.84. The lowest BCUT2D eigenvalue weighted by molar-refractivity contribution is 0.931. The molecular weight excluding hydrogens is 266 g/mol. The number of hydrogen-bond donors (Lipinski definition) is 2. The molecule has 0 saturated heterocycles. The predicted octanol–water partition coefficient (Wildman–Crippen LogP) is 3.10. The van der Waals surface area contributed by atoms with Gasteiger partial charge in [0.25, 0.3) is 0 Å². The van der Waals surface area contributed by atoms with Crippen LogP contribution in [0.15, 0.2) is 42.0 Å². The molecule has 0 aliphatic rings. The molecule has 0 atom stereocenters. The van der Waals surface area contributed by atoms with E-state index in [9.17, 15) is 0 Å². The van der Waals surface area contributed by atoms with E-state index in [4.69, 9.17) is 23.8 Å². The molecule has 0 fully saturated rings. The molecule has 1 rings (SSSR count). The third kappa shape index (κ3) is 4.85. The first-order valence-electron chi connectivity index (χ1n) is 5.64. The summed E-state index contributed by atoms with van der Waals surface area (Å²) < 4.78 is 0. The summed E-state index contributed by atoms with van der Waals surface area (Å²) in [4.78, 5) is 0. The van der Waals surface area contributed by atoms with Crippen molar-refractivity contribution in [2.45, 2.75) is 13.3 Å². The Hall–Kier alpha value is -1.39. The molecule has 2 N–H and O–H groups in total. The second-order valence-electron chi connectivity index (χ2n) is 3.53. The fourth-order valence-corrected chi connectivity index (χ4v) is 1.57. The molecular formula is C13H16ClN3S. The minimum atomic E-state index is 0.481. The Balaban J connectivity index is 2.68. The van der Waals surface area contributed by atoms with Crippen LogP contribution in [0.4, 0.5) is 0 Å². The molecule has 0 aliphatic heterocycles. The van der Waals surface area contributed by atoms with Crippen LogP contribution < -0.4 is 10.7 Å². The van der Waals surface area contributed by atoms with Crippen molar-refractivity contribution in [2.75, 3.05) is 6.54 Å². The first kappa shape index (κ1) is 14.7. The van der Waals surface area contributed by atoms with Gasteiger partial charge in [-0.25, -0.2) is 0 Å². The summed E-state index contributed by atoms with van der Waals surface area (Å²) >= 11 is 10.9. The van der Waals surface area contributed by atoms with Gasteiger partial charge in [-0.05, 0) is 36.3 Å². The van der Waals surface area contributed by atoms with Crippen LogP contribution in [0.1, 0.15) is 18.9 Å². The third-order valence-corrected chi connectivity index (χ3v) is 2.70. The molecule has 0 bridgehead atoms. The standard InChI is InChI=1S/C13H16ClN3S/c1-3-9-15-13(18)17-16-12(4-2)10-5-7-11(14)8-6-10/h3,5-8H,1,4,9H2,2H3,(H2,15,17,18)/b16-12-. The summed E-state index contributed by atoms with van der Waals surface area (Å²) in [6.07, 6.45) is 2.54. The van der Waals surface area contributed by atoms with E-state index in [1.165, 1.54) is 0 Å². The van der Waals surface area contributed by atoms with Gasteiger partial charge in [0.15, 0.2) is 5.11 Å². The number of thiocarbonyl (C=S) groups is 1. The van der Waals surface area contributed by atoms with Gasteiger partial charge in [0.2, 0.25) is 0 Å². The van der Waals surface area contributed by atoms with Crippen molar-refractivity contribution in [1.82, 2.24) is 10.7 Å². The van der Waals surface area contributed by atoms with Crippen LogP contribution in [0.3, 0.4) is 0 Å². The molecule has 18 heavy (non-hydrogen) atoms. The number of nitrogens with zero attached hydrogens (tertiary/aromatic N) is 1. The average molecular weight is 282 g/mol. The van der Waals surface area contributed by atoms with Crippen molar-refractivity contribution < 1.29 is 0 Å². The maximum absolute atomic E-state index is 5.85. The van der Waals surface area contributed by atoms with E-state index in [1.807, 2.05) is 31.2 Å². The monoisotopic (exact) mass is 281 g/mol. The zero-order chi connectivity index (χ0) is 13.4. The fourth-order valence-electron chi connectivity index (χ4n) is 1.31. The summed E-state index contributed by atoms with van der Waals surface area (Å²) in [6.45, 7) is 6.25. The first-order valence-corrected chi connectivity index (χ1v) is 6.43. The van der Waals surface area contributed by atoms with Gasteiger partial charge in [-0.3, -0.25) is 5.43 Å². The van der Waals surface area contributed by atoms with Crippen LogP contribution in [-0.4, -0.2) is 17.4 Å². The number of hydrogen-bond acceptors (Lipinski definition) is 2. The number of nitrogens with one attached hydrogen (secondary N) is 2. The van der Waals surface area contributed by atoms with Crippen LogP contribution in [0.25, 0.3) is 0 Å². The lowest BCUT2D eigenvalue weighted by atomic mass is 10.1. The molecule has 1 aromatic rings. The Morgan fingerprint density at radius 3 is 2.67 bits per heavy atom. The van der Waals surface area contributed by atoms with E-state index < -0.39 is 0 Å². The lowest BCUT2D eigenvalue weighted by Crippen LogP contribution is -2.32. The smallest absolute Gasteiger partial charge is 0.187 e. The Morgan fingerprint density at radius 1 is 1.44 bits per heavy atom. The summed E-state index contributed by atoms with van der Waals surface area (Å²) in [5, 5.41) is 8.42. The number of hydrazone groups is 1. The van der Waals surface area contributed by atoms with Gasteiger partial charge in [-0.15, -0.1) is 6.58 Å². The highest BCUT2D eigenvalue weighted by Crippen LogP contribution is 2.11. The molecule has 1 aromatic carbocycles. The van der Waals surface area contributed by atoms with Gasteiger partial charge in [-0.1, -0.05) is 36.7 Å². The normalized spacial score (nSPS) is 10.9. The molecule has 0 heterocycles. The van der Waals surface area contributed by atoms with E-state index in [1.54, 1.807) is 6.08 Å². The average Bonchev–Trinajstić information content (AvgIpc) is 2.39. The van der Waals surface area contributed by atoms with Crippen LogP contribution in [0.2, 0.25) is 5.02 Å². The van der Waals surface area contributed by atoms with Gasteiger partial charge in [0.1, 0.15) is 0 Å². The van der Waals surface area contributed by atoms with Crippen molar-refractivity contribution in [1.29, 1.82) is 0 Å². The molecule has 3 nitrogen and oxygen atoms in total. The molecule has 0 unspecified atom stereocenters. The fraction of sp³-hybridized carbons (Fsp3) is 0.231. The zero-order valence-electron chi connectivity index (χ0n) is 10.2. The number of halogens is 1. The zero-order valence-corrected chi connectivity index (χ0v) is 11.8. The number of benzene rings is 1. The molecule has 96 valence electrons. The van der Waals surface area contributed by atoms with Gasteiger partial charge < -0.3 is 5.32 Å². The third-order valence-electron chi connectivity index (χ3n) is 2.21. The number of rotatable bonds is 5. The highest BCUT2D eigenvalue weighted by atomic mass is 35.5. The quantitative estimate of drug-likeness (QED) is 0.377. The van der Waals surface area contributed by atoms with Gasteiger partial charge >= 0.3 is 0 Å². The lowest BCUT2D eigenvalue weighted by Gasteiger charge is -2.07. The molecule has 0 spiro atoms. The van der Waals surface area contributed by atoms with Crippen LogP contribution >= 0.6 is 23.8 Å². The maximum atomic E-state index is 5.85. The maximum Gasteiger partial charge on any atom is 0.187 e. The Kier molecular flexibility index (Phi) is 6.39. The van der Waals surface area contributed by atoms with E-state index in [-0.39, 0.29) is 0 Å². The van der Waals surface area contributed by atoms with Crippen molar-refractivity contribution >= 4 is 34.6 Å². The minimum Gasteiger partial charge on any atom is -0.358 e. The molecule has 0 radical (unpaired) electrons. The van der Waals surface area contributed by atoms with Crippen molar-refractivity contribution in [3.63, 3.8) is 0 Å². The van der Waals surface area contributed by atoms with Gasteiger partial charge in [0, 0.05) is 11.6 Å². The Labute approximate surface area is 118 Å². The van der Waals surface area contributed by atoms with E-state index >= 15 is 0 Å². The molecule has 5 heteroatoms. The predicted molar refractivity (Wildman–Crippen MR) is 82.2 cm³/mol. The molecule has 0 aromatic heterocycles. The van der Waals surface area contributed by atoms with Crippen molar-refractivity contribution in [2.24, 2.45) is 5.10 Å². The van der Waals surface area contributed by atoms with Crippen molar-refractivity contribution in [3.8, 4) is 0 Å². The summed E-state index contributed by atoms with van der Waals surface area (Å²) in [6, 6.07) is 7.56. The van der Waals surface area contributed by atoms with Crippen LogP contribution in [-0.2, 0) is 0 Å². The molecule has 0 saturated carbocycles. The van der Waals surface area contributed by atoms with Crippen molar-refractivity contribution in [3.05, 3.63) is 47.5 Å². The minimum absolute atomic E-state index is 0.481. The van der Waals surface area contributed by atoms with Gasteiger partial charge in [0.05, 0.1) is 5.71 Å². The van der Waals surface area contributed by atoms with E-state index in [0.717, 1.165) is 17.7 Å². The second-order valence-corrected chi connectivity index (χ2v) is 4.37. The Bertz CT molecular complexity index is 440. The summed E-state index contributed by atoms with van der Waals surface area (Å²) in [5.74, 6) is 0. The van der Waals surface area contributed by atoms with Crippen LogP contribution in [0, 0.1) is 0 Å². The van der Waals surface area contributed by atoms with Crippen LogP contribution in [0.5, 0.6) is 0 Å². The Morgan fingerprint density at radius 2 is 2.11 bits per heavy atom. The van der Waals surface area contributed by atoms with E-state index in [2.05, 4.69) is 22.4 Å². The highest BCUT2D eigenvalue weighted by molar-refractivity contribution is 7.80. The summed E-state index contributed by atoms with van der Waals surface area (Å²) in [5.41, 5.74) is 4.76. The largest absolute Gasteiger partial charge is 0.358 e.